The fourth-order valence-corrected chi connectivity index (χ4v) is 3.22. The van der Waals surface area contributed by atoms with Gasteiger partial charge in [0.05, 0.1) is 18.0 Å². The molecule has 2 nitrogen and oxygen atoms in total. The number of allylic oxidation sites excluding steroid dienone is 1. The highest BCUT2D eigenvalue weighted by molar-refractivity contribution is 7.10. The molecule has 3 heteroatoms. The first-order valence-corrected chi connectivity index (χ1v) is 6.78. The van der Waals surface area contributed by atoms with Crippen molar-refractivity contribution in [2.45, 2.75) is 32.2 Å². The van der Waals surface area contributed by atoms with E-state index in [0.29, 0.717) is 6.04 Å². The third-order valence-electron chi connectivity index (χ3n) is 2.99. The third-order valence-corrected chi connectivity index (χ3v) is 3.96. The van der Waals surface area contributed by atoms with Gasteiger partial charge in [0, 0.05) is 0 Å². The molecule has 0 saturated heterocycles. The summed E-state index contributed by atoms with van der Waals surface area (Å²) in [4.78, 5) is 1.32. The molecule has 1 unspecified atom stereocenters. The summed E-state index contributed by atoms with van der Waals surface area (Å²) in [6.45, 7) is 3.14. The molecule has 88 valence electrons. The predicted octanol–water partition coefficient (Wildman–Crippen LogP) is 3.52. The van der Waals surface area contributed by atoms with Crippen molar-refractivity contribution in [3.05, 3.63) is 28.0 Å². The summed E-state index contributed by atoms with van der Waals surface area (Å²) in [6.07, 6.45) is 6.13. The molecular formula is C13H19NOS. The van der Waals surface area contributed by atoms with Gasteiger partial charge < -0.3 is 10.1 Å². The van der Waals surface area contributed by atoms with Crippen molar-refractivity contribution in [2.24, 2.45) is 0 Å². The van der Waals surface area contributed by atoms with Crippen LogP contribution in [0.5, 0.6) is 5.75 Å². The molecule has 0 spiro atoms. The van der Waals surface area contributed by atoms with Crippen LogP contribution in [-0.4, -0.2) is 13.7 Å². The number of hydrogen-bond acceptors (Lipinski definition) is 3. The highest BCUT2D eigenvalue weighted by Gasteiger charge is 2.22. The van der Waals surface area contributed by atoms with Gasteiger partial charge in [-0.15, -0.1) is 11.3 Å². The van der Waals surface area contributed by atoms with Gasteiger partial charge >= 0.3 is 0 Å². The smallest absolute Gasteiger partial charge is 0.134 e. The summed E-state index contributed by atoms with van der Waals surface area (Å²) in [5.74, 6) is 1.02. The maximum atomic E-state index is 5.42. The summed E-state index contributed by atoms with van der Waals surface area (Å²) in [6, 6.07) is 2.42. The van der Waals surface area contributed by atoms with Crippen molar-refractivity contribution in [3.8, 4) is 5.75 Å². The molecule has 0 bridgehead atoms. The molecule has 1 aliphatic carbocycles. The van der Waals surface area contributed by atoms with Gasteiger partial charge in [0.15, 0.2) is 0 Å². The van der Waals surface area contributed by atoms with Crippen LogP contribution in [0.1, 0.15) is 37.1 Å². The Bertz CT molecular complexity index is 370. The van der Waals surface area contributed by atoms with Crippen LogP contribution in [0.2, 0.25) is 0 Å². The second-order valence-corrected chi connectivity index (χ2v) is 4.96. The predicted molar refractivity (Wildman–Crippen MR) is 69.2 cm³/mol. The zero-order valence-electron chi connectivity index (χ0n) is 9.95. The Morgan fingerprint density at radius 3 is 3.06 bits per heavy atom. The van der Waals surface area contributed by atoms with E-state index in [0.717, 1.165) is 12.3 Å². The number of likely N-dealkylation sites (N-methyl/N-ethyl adjacent to an activating group) is 1. The normalized spacial score (nSPS) is 17.2. The van der Waals surface area contributed by atoms with Crippen molar-refractivity contribution in [1.29, 1.82) is 0 Å². The van der Waals surface area contributed by atoms with Gasteiger partial charge in [-0.25, -0.2) is 0 Å². The lowest BCUT2D eigenvalue weighted by atomic mass is 10.0. The maximum absolute atomic E-state index is 5.42. The molecule has 1 aromatic rings. The van der Waals surface area contributed by atoms with E-state index in [1.54, 1.807) is 18.4 Å². The quantitative estimate of drug-likeness (QED) is 0.791. The molecule has 0 radical (unpaired) electrons. The number of rotatable bonds is 5. The number of methoxy groups -OCH3 is 1. The van der Waals surface area contributed by atoms with Gasteiger partial charge in [0.25, 0.3) is 0 Å². The second-order valence-electron chi connectivity index (χ2n) is 4.02. The van der Waals surface area contributed by atoms with Crippen molar-refractivity contribution in [2.75, 3.05) is 13.7 Å². The molecule has 1 aromatic heterocycles. The Labute approximate surface area is 101 Å². The van der Waals surface area contributed by atoms with E-state index >= 15 is 0 Å². The van der Waals surface area contributed by atoms with E-state index in [9.17, 15) is 0 Å². The van der Waals surface area contributed by atoms with Gasteiger partial charge in [0.2, 0.25) is 0 Å². The van der Waals surface area contributed by atoms with Crippen LogP contribution >= 0.6 is 11.3 Å². The Kier molecular flexibility index (Phi) is 4.02. The molecule has 0 amide bonds. The van der Waals surface area contributed by atoms with Gasteiger partial charge in [-0.3, -0.25) is 0 Å². The van der Waals surface area contributed by atoms with E-state index in [1.165, 1.54) is 29.7 Å². The average molecular weight is 237 g/mol. The zero-order valence-corrected chi connectivity index (χ0v) is 10.8. The van der Waals surface area contributed by atoms with Crippen LogP contribution in [0.15, 0.2) is 23.1 Å². The molecule has 1 heterocycles. The fourth-order valence-electron chi connectivity index (χ4n) is 2.24. The van der Waals surface area contributed by atoms with Gasteiger partial charge in [-0.1, -0.05) is 18.6 Å². The van der Waals surface area contributed by atoms with Crippen LogP contribution in [0.4, 0.5) is 0 Å². The van der Waals surface area contributed by atoms with Gasteiger partial charge in [0.1, 0.15) is 5.75 Å². The molecule has 0 aromatic carbocycles. The lowest BCUT2D eigenvalue weighted by Gasteiger charge is -2.19. The van der Waals surface area contributed by atoms with Crippen LogP contribution in [0.25, 0.3) is 0 Å². The Hall–Kier alpha value is -0.800. The minimum atomic E-state index is 0.363. The van der Waals surface area contributed by atoms with Crippen LogP contribution in [-0.2, 0) is 0 Å². The molecule has 0 saturated carbocycles. The Morgan fingerprint density at radius 1 is 1.56 bits per heavy atom. The molecule has 2 rings (SSSR count). The first-order valence-electron chi connectivity index (χ1n) is 5.90. The zero-order chi connectivity index (χ0) is 11.4. The van der Waals surface area contributed by atoms with Crippen molar-refractivity contribution in [3.63, 3.8) is 0 Å². The van der Waals surface area contributed by atoms with Gasteiger partial charge in [-0.2, -0.15) is 0 Å². The summed E-state index contributed by atoms with van der Waals surface area (Å²) in [7, 11) is 1.75. The molecular weight excluding hydrogens is 218 g/mol. The molecule has 0 aliphatic heterocycles. The molecule has 16 heavy (non-hydrogen) atoms. The highest BCUT2D eigenvalue weighted by atomic mass is 32.1. The Morgan fingerprint density at radius 2 is 2.44 bits per heavy atom. The Balaban J connectivity index is 2.24. The number of ether oxygens (including phenoxy) is 1. The first kappa shape index (κ1) is 11.7. The summed E-state index contributed by atoms with van der Waals surface area (Å²) in [5, 5.41) is 5.67. The average Bonchev–Trinajstić information content (AvgIpc) is 2.96. The van der Waals surface area contributed by atoms with Crippen LogP contribution in [0.3, 0.4) is 0 Å². The molecule has 1 N–H and O–H groups in total. The largest absolute Gasteiger partial charge is 0.496 e. The van der Waals surface area contributed by atoms with Gasteiger partial charge in [-0.05, 0) is 37.3 Å². The number of hydrogen-bond donors (Lipinski definition) is 1. The van der Waals surface area contributed by atoms with Crippen molar-refractivity contribution < 1.29 is 4.74 Å². The third kappa shape index (κ3) is 2.30. The summed E-state index contributed by atoms with van der Waals surface area (Å²) in [5.41, 5.74) is 1.53. The second kappa shape index (κ2) is 5.51. The lowest BCUT2D eigenvalue weighted by Crippen LogP contribution is -2.21. The monoisotopic (exact) mass is 237 g/mol. The SMILES string of the molecule is CCNC(C1=CCCC1)c1sccc1OC. The van der Waals surface area contributed by atoms with Crippen LogP contribution in [0, 0.1) is 0 Å². The van der Waals surface area contributed by atoms with E-state index in [1.807, 2.05) is 0 Å². The fraction of sp³-hybridized carbons (Fsp3) is 0.538. The highest BCUT2D eigenvalue weighted by Crippen LogP contribution is 2.38. The molecule has 1 atom stereocenters. The molecule has 0 fully saturated rings. The van der Waals surface area contributed by atoms with Crippen molar-refractivity contribution in [1.82, 2.24) is 5.32 Å². The number of nitrogens with one attached hydrogen (secondary N) is 1. The standard InChI is InChI=1S/C13H19NOS/c1-3-14-12(10-6-4-5-7-10)13-11(15-2)8-9-16-13/h6,8-9,12,14H,3-5,7H2,1-2H3. The molecule has 1 aliphatic rings. The topological polar surface area (TPSA) is 21.3 Å². The van der Waals surface area contributed by atoms with E-state index in [-0.39, 0.29) is 0 Å². The minimum Gasteiger partial charge on any atom is -0.496 e. The summed E-state index contributed by atoms with van der Waals surface area (Å²) >= 11 is 1.78. The summed E-state index contributed by atoms with van der Waals surface area (Å²) < 4.78 is 5.42. The van der Waals surface area contributed by atoms with Crippen molar-refractivity contribution >= 4 is 11.3 Å². The lowest BCUT2D eigenvalue weighted by molar-refractivity contribution is 0.407. The number of thiophene rings is 1. The minimum absolute atomic E-state index is 0.363. The maximum Gasteiger partial charge on any atom is 0.134 e. The first-order chi connectivity index (χ1) is 7.86. The van der Waals surface area contributed by atoms with E-state index < -0.39 is 0 Å². The van der Waals surface area contributed by atoms with E-state index in [4.69, 9.17) is 4.74 Å². The van der Waals surface area contributed by atoms with Crippen LogP contribution < -0.4 is 10.1 Å². The van der Waals surface area contributed by atoms with E-state index in [2.05, 4.69) is 29.8 Å².